The van der Waals surface area contributed by atoms with Crippen molar-refractivity contribution in [2.24, 2.45) is 17.8 Å². The summed E-state index contributed by atoms with van der Waals surface area (Å²) in [6.45, 7) is 1.99. The number of hydrogen-bond donors (Lipinski definition) is 1. The molecule has 138 valence electrons. The van der Waals surface area contributed by atoms with Gasteiger partial charge in [-0.3, -0.25) is 4.79 Å². The summed E-state index contributed by atoms with van der Waals surface area (Å²) in [5.74, 6) is 1.86. The number of fused-ring (bicyclic) bond motifs is 3. The molecular formula is C21H24O5. The number of ether oxygens (including phenoxy) is 1. The largest absolute Gasteiger partial charge is 0.508 e. The molecule has 3 atom stereocenters. The molecule has 2 aromatic rings. The van der Waals surface area contributed by atoms with E-state index in [9.17, 15) is 14.7 Å². The summed E-state index contributed by atoms with van der Waals surface area (Å²) in [5.41, 5.74) is 1.18. The van der Waals surface area contributed by atoms with E-state index >= 15 is 0 Å². The number of carbonyl (C=O) groups is 1. The normalized spacial score (nSPS) is 24.3. The molecule has 0 saturated heterocycles. The minimum absolute atomic E-state index is 0.0513. The molecule has 5 heteroatoms. The van der Waals surface area contributed by atoms with Crippen molar-refractivity contribution in [1.29, 1.82) is 0 Å². The number of benzene rings is 1. The monoisotopic (exact) mass is 356 g/mol. The molecule has 0 aliphatic heterocycles. The van der Waals surface area contributed by atoms with Gasteiger partial charge in [0.15, 0.2) is 0 Å². The van der Waals surface area contributed by atoms with E-state index < -0.39 is 5.63 Å². The lowest BCUT2D eigenvalue weighted by Crippen LogP contribution is -2.17. The van der Waals surface area contributed by atoms with Crippen LogP contribution in [0.1, 0.15) is 50.2 Å². The molecular weight excluding hydrogens is 332 g/mol. The number of aromatic hydroxyl groups is 1. The van der Waals surface area contributed by atoms with E-state index in [1.54, 1.807) is 6.07 Å². The van der Waals surface area contributed by atoms with Crippen LogP contribution in [0.2, 0.25) is 0 Å². The lowest BCUT2D eigenvalue weighted by Gasteiger charge is -2.20. The van der Waals surface area contributed by atoms with Crippen molar-refractivity contribution in [2.75, 3.05) is 0 Å². The molecule has 0 amide bonds. The fourth-order valence-electron chi connectivity index (χ4n) is 4.77. The highest BCUT2D eigenvalue weighted by molar-refractivity contribution is 5.83. The third-order valence-electron chi connectivity index (χ3n) is 6.11. The minimum atomic E-state index is -0.514. The Morgan fingerprint density at radius 3 is 2.77 bits per heavy atom. The van der Waals surface area contributed by atoms with Crippen molar-refractivity contribution >= 4 is 16.9 Å². The molecule has 2 fully saturated rings. The molecule has 2 aliphatic rings. The number of hydrogen-bond acceptors (Lipinski definition) is 5. The van der Waals surface area contributed by atoms with Gasteiger partial charge in [0.25, 0.3) is 0 Å². The van der Waals surface area contributed by atoms with E-state index in [2.05, 4.69) is 0 Å². The third kappa shape index (κ3) is 3.22. The first-order valence-corrected chi connectivity index (χ1v) is 9.47. The zero-order chi connectivity index (χ0) is 18.3. The Morgan fingerprint density at radius 2 is 2.08 bits per heavy atom. The van der Waals surface area contributed by atoms with Gasteiger partial charge in [-0.2, -0.15) is 0 Å². The molecule has 1 N–H and O–H groups in total. The van der Waals surface area contributed by atoms with Crippen molar-refractivity contribution in [2.45, 2.75) is 52.1 Å². The van der Waals surface area contributed by atoms with Gasteiger partial charge >= 0.3 is 11.6 Å². The number of aryl methyl sites for hydroxylation is 1. The molecule has 2 bridgehead atoms. The zero-order valence-electron chi connectivity index (χ0n) is 15.0. The molecule has 2 saturated carbocycles. The lowest BCUT2D eigenvalue weighted by atomic mass is 9.86. The molecule has 5 nitrogen and oxygen atoms in total. The van der Waals surface area contributed by atoms with Crippen LogP contribution in [0.25, 0.3) is 11.0 Å². The van der Waals surface area contributed by atoms with Gasteiger partial charge in [0.05, 0.1) is 0 Å². The van der Waals surface area contributed by atoms with Crippen LogP contribution in [0.4, 0.5) is 0 Å². The van der Waals surface area contributed by atoms with Gasteiger partial charge in [-0.15, -0.1) is 0 Å². The Kier molecular flexibility index (Phi) is 4.47. The first-order valence-electron chi connectivity index (χ1n) is 9.47. The lowest BCUT2D eigenvalue weighted by molar-refractivity contribution is -0.146. The van der Waals surface area contributed by atoms with Crippen LogP contribution >= 0.6 is 0 Å². The number of phenolic OH excluding ortho intramolecular Hbond substituents is 1. The van der Waals surface area contributed by atoms with Crippen LogP contribution < -0.4 is 5.63 Å². The van der Waals surface area contributed by atoms with Gasteiger partial charge in [0.1, 0.15) is 17.9 Å². The van der Waals surface area contributed by atoms with Gasteiger partial charge in [-0.05, 0) is 55.1 Å². The topological polar surface area (TPSA) is 76.7 Å². The molecule has 1 aromatic carbocycles. The molecule has 1 aromatic heterocycles. The van der Waals surface area contributed by atoms with Crippen LogP contribution in [-0.2, 0) is 22.6 Å². The first-order chi connectivity index (χ1) is 12.5. The summed E-state index contributed by atoms with van der Waals surface area (Å²) >= 11 is 0. The van der Waals surface area contributed by atoms with Crippen LogP contribution in [0.5, 0.6) is 5.75 Å². The smallest absolute Gasteiger partial charge is 0.336 e. The Hall–Kier alpha value is -2.30. The van der Waals surface area contributed by atoms with Crippen LogP contribution in [0, 0.1) is 17.8 Å². The summed E-state index contributed by atoms with van der Waals surface area (Å²) in [6.07, 6.45) is 6.11. The van der Waals surface area contributed by atoms with Crippen molar-refractivity contribution in [3.8, 4) is 5.75 Å². The highest BCUT2D eigenvalue weighted by Gasteiger charge is 2.40. The fourth-order valence-corrected chi connectivity index (χ4v) is 4.77. The maximum Gasteiger partial charge on any atom is 0.336 e. The van der Waals surface area contributed by atoms with Crippen molar-refractivity contribution in [3.63, 3.8) is 0 Å². The third-order valence-corrected chi connectivity index (χ3v) is 6.11. The van der Waals surface area contributed by atoms with Crippen LogP contribution in [0.15, 0.2) is 27.4 Å². The summed E-state index contributed by atoms with van der Waals surface area (Å²) in [4.78, 5) is 24.1. The summed E-state index contributed by atoms with van der Waals surface area (Å²) in [5, 5.41) is 10.7. The van der Waals surface area contributed by atoms with Gasteiger partial charge < -0.3 is 14.3 Å². The number of carbonyl (C=O) groups excluding carboxylic acids is 1. The van der Waals surface area contributed by atoms with Crippen molar-refractivity contribution in [3.05, 3.63) is 39.7 Å². The SMILES string of the molecule is CCc1cc2c(COC(=O)C[C@H]3C[C@@H]4CC[C@@H]3C4)cc(=O)oc2cc1O. The van der Waals surface area contributed by atoms with Crippen LogP contribution in [-0.4, -0.2) is 11.1 Å². The van der Waals surface area contributed by atoms with E-state index in [-0.39, 0.29) is 18.3 Å². The second-order valence-corrected chi connectivity index (χ2v) is 7.72. The van der Waals surface area contributed by atoms with Crippen molar-refractivity contribution < 1.29 is 19.1 Å². The maximum atomic E-state index is 12.3. The summed E-state index contributed by atoms with van der Waals surface area (Å²) in [6, 6.07) is 4.62. The molecule has 0 unspecified atom stereocenters. The van der Waals surface area contributed by atoms with Crippen molar-refractivity contribution in [1.82, 2.24) is 0 Å². The number of esters is 1. The molecule has 26 heavy (non-hydrogen) atoms. The number of phenols is 1. The molecule has 1 heterocycles. The number of rotatable bonds is 5. The zero-order valence-corrected chi connectivity index (χ0v) is 15.0. The highest BCUT2D eigenvalue weighted by atomic mass is 16.5. The van der Waals surface area contributed by atoms with E-state index in [0.717, 1.165) is 17.9 Å². The van der Waals surface area contributed by atoms with Gasteiger partial charge in [0.2, 0.25) is 0 Å². The molecule has 0 radical (unpaired) electrons. The van der Waals surface area contributed by atoms with E-state index in [1.165, 1.54) is 31.4 Å². The average Bonchev–Trinajstić information content (AvgIpc) is 3.22. The quantitative estimate of drug-likeness (QED) is 0.649. The predicted octanol–water partition coefficient (Wildman–Crippen LogP) is 3.93. The molecule has 0 spiro atoms. The van der Waals surface area contributed by atoms with Gasteiger partial charge in [-0.25, -0.2) is 4.79 Å². The highest BCUT2D eigenvalue weighted by Crippen LogP contribution is 2.49. The maximum absolute atomic E-state index is 12.3. The predicted molar refractivity (Wildman–Crippen MR) is 96.9 cm³/mol. The fraction of sp³-hybridized carbons (Fsp3) is 0.524. The van der Waals surface area contributed by atoms with E-state index in [0.29, 0.717) is 41.2 Å². The Morgan fingerprint density at radius 1 is 1.23 bits per heavy atom. The van der Waals surface area contributed by atoms with E-state index in [4.69, 9.17) is 9.15 Å². The average molecular weight is 356 g/mol. The summed E-state index contributed by atoms with van der Waals surface area (Å²) in [7, 11) is 0. The molecule has 4 rings (SSSR count). The Bertz CT molecular complexity index is 897. The van der Waals surface area contributed by atoms with E-state index in [1.807, 2.05) is 6.92 Å². The van der Waals surface area contributed by atoms with Gasteiger partial charge in [-0.1, -0.05) is 13.3 Å². The second kappa shape index (κ2) is 6.78. The standard InChI is InChI=1S/C21H24O5/c1-2-13-7-17-16(9-21(24)26-19(17)10-18(13)22)11-25-20(23)8-15-6-12-3-4-14(15)5-12/h7,9-10,12,14-15,22H,2-6,8,11H2,1H3/t12-,14-,15-/m1/s1. The second-order valence-electron chi connectivity index (χ2n) is 7.72. The summed E-state index contributed by atoms with van der Waals surface area (Å²) < 4.78 is 10.7. The Labute approximate surface area is 152 Å². The first kappa shape index (κ1) is 17.1. The minimum Gasteiger partial charge on any atom is -0.508 e. The molecule has 2 aliphatic carbocycles. The Balaban J connectivity index is 1.49. The van der Waals surface area contributed by atoms with Gasteiger partial charge in [0, 0.05) is 29.5 Å². The van der Waals surface area contributed by atoms with Crippen LogP contribution in [0.3, 0.4) is 0 Å².